The molecule has 0 spiro atoms. The maximum absolute atomic E-state index is 12.5. The number of ether oxygens (including phenoxy) is 1. The van der Waals surface area contributed by atoms with Crippen molar-refractivity contribution in [2.24, 2.45) is 0 Å². The molecule has 0 aliphatic heterocycles. The number of hydrogen-bond acceptors (Lipinski definition) is 3. The molecule has 3 rings (SSSR count). The molecule has 1 atom stereocenters. The molecule has 5 nitrogen and oxygen atoms in total. The first kappa shape index (κ1) is 18.8. The molecule has 26 heavy (non-hydrogen) atoms. The van der Waals surface area contributed by atoms with E-state index in [2.05, 4.69) is 9.88 Å². The van der Waals surface area contributed by atoms with Gasteiger partial charge in [-0.1, -0.05) is 29.3 Å². The van der Waals surface area contributed by atoms with Crippen molar-refractivity contribution in [1.29, 1.82) is 0 Å². The number of esters is 1. The van der Waals surface area contributed by atoms with Crippen LogP contribution >= 0.6 is 23.2 Å². The van der Waals surface area contributed by atoms with Gasteiger partial charge in [0.05, 0.1) is 21.3 Å². The highest BCUT2D eigenvalue weighted by molar-refractivity contribution is 6.39. The molecular weight excluding hydrogens is 375 g/mol. The molecule has 138 valence electrons. The highest BCUT2D eigenvalue weighted by Gasteiger charge is 2.29. The van der Waals surface area contributed by atoms with Gasteiger partial charge in [-0.15, -0.1) is 0 Å². The SMILES string of the molecule is Cc1cc(C(=O)O[C@@H](C)C(=O)Nc2c(Cl)cccc2Cl)c(C)n1C1CC1. The quantitative estimate of drug-likeness (QED) is 0.731. The van der Waals surface area contributed by atoms with Crippen molar-refractivity contribution in [2.45, 2.75) is 45.8 Å². The Morgan fingerprint density at radius 1 is 1.23 bits per heavy atom. The number of anilines is 1. The molecule has 2 aromatic rings. The number of rotatable bonds is 5. The number of aromatic nitrogens is 1. The van der Waals surface area contributed by atoms with Gasteiger partial charge in [0.25, 0.3) is 5.91 Å². The summed E-state index contributed by atoms with van der Waals surface area (Å²) in [6.45, 7) is 5.38. The van der Waals surface area contributed by atoms with E-state index in [4.69, 9.17) is 27.9 Å². The fourth-order valence-electron chi connectivity index (χ4n) is 3.00. The number of nitrogens with one attached hydrogen (secondary N) is 1. The van der Waals surface area contributed by atoms with Gasteiger partial charge in [0, 0.05) is 17.4 Å². The molecular formula is C19H20Cl2N2O3. The third-order valence-electron chi connectivity index (χ3n) is 4.48. The van der Waals surface area contributed by atoms with E-state index >= 15 is 0 Å². The summed E-state index contributed by atoms with van der Waals surface area (Å²) in [6.07, 6.45) is 1.27. The Kier molecular flexibility index (Phi) is 5.30. The first-order chi connectivity index (χ1) is 12.3. The standard InChI is InChI=1S/C19H20Cl2N2O3/c1-10-9-14(11(2)23(10)13-7-8-13)19(25)26-12(3)18(24)22-17-15(20)5-4-6-16(17)21/h4-6,9,12-13H,7-8H2,1-3H3,(H,22,24)/t12-/m0/s1. The van der Waals surface area contributed by atoms with E-state index in [1.165, 1.54) is 6.92 Å². The number of halogens is 2. The van der Waals surface area contributed by atoms with Crippen LogP contribution in [0.4, 0.5) is 5.69 Å². The minimum Gasteiger partial charge on any atom is -0.449 e. The van der Waals surface area contributed by atoms with Crippen molar-refractivity contribution < 1.29 is 14.3 Å². The normalized spacial score (nSPS) is 14.8. The van der Waals surface area contributed by atoms with E-state index < -0.39 is 18.0 Å². The fourth-order valence-corrected chi connectivity index (χ4v) is 3.49. The number of para-hydroxylation sites is 1. The number of benzene rings is 1. The number of hydrogen-bond donors (Lipinski definition) is 1. The zero-order chi connectivity index (χ0) is 19.0. The van der Waals surface area contributed by atoms with Crippen molar-refractivity contribution in [3.05, 3.63) is 51.3 Å². The van der Waals surface area contributed by atoms with Crippen molar-refractivity contribution in [2.75, 3.05) is 5.32 Å². The monoisotopic (exact) mass is 394 g/mol. The molecule has 1 aromatic heterocycles. The molecule has 0 bridgehead atoms. The van der Waals surface area contributed by atoms with Crippen LogP contribution in [0.2, 0.25) is 10.0 Å². The van der Waals surface area contributed by atoms with Crippen molar-refractivity contribution in [1.82, 2.24) is 4.57 Å². The van der Waals surface area contributed by atoms with Crippen LogP contribution in [0.1, 0.15) is 47.6 Å². The van der Waals surface area contributed by atoms with Crippen LogP contribution in [-0.2, 0) is 9.53 Å². The van der Waals surface area contributed by atoms with Crippen LogP contribution in [0.5, 0.6) is 0 Å². The summed E-state index contributed by atoms with van der Waals surface area (Å²) < 4.78 is 7.51. The number of carbonyl (C=O) groups is 2. The molecule has 1 aliphatic carbocycles. The maximum atomic E-state index is 12.5. The molecule has 1 N–H and O–H groups in total. The number of aryl methyl sites for hydroxylation is 1. The zero-order valence-electron chi connectivity index (χ0n) is 14.8. The minimum absolute atomic E-state index is 0.302. The first-order valence-corrected chi connectivity index (χ1v) is 9.19. The topological polar surface area (TPSA) is 60.3 Å². The molecule has 0 saturated heterocycles. The van der Waals surface area contributed by atoms with Crippen molar-refractivity contribution in [3.8, 4) is 0 Å². The highest BCUT2D eigenvalue weighted by atomic mass is 35.5. The van der Waals surface area contributed by atoms with E-state index in [1.54, 1.807) is 18.2 Å². The Morgan fingerprint density at radius 2 is 1.85 bits per heavy atom. The van der Waals surface area contributed by atoms with Gasteiger partial charge < -0.3 is 14.6 Å². The maximum Gasteiger partial charge on any atom is 0.340 e. The molecule has 0 unspecified atom stereocenters. The summed E-state index contributed by atoms with van der Waals surface area (Å²) in [6, 6.07) is 7.20. The Labute approximate surface area is 162 Å². The van der Waals surface area contributed by atoms with Crippen LogP contribution in [-0.4, -0.2) is 22.5 Å². The second-order valence-corrected chi connectivity index (χ2v) is 7.33. The Balaban J connectivity index is 1.69. The summed E-state index contributed by atoms with van der Waals surface area (Å²) in [5.41, 5.74) is 2.69. The Morgan fingerprint density at radius 3 is 2.42 bits per heavy atom. The average molecular weight is 395 g/mol. The molecule has 0 radical (unpaired) electrons. The van der Waals surface area contributed by atoms with Crippen LogP contribution < -0.4 is 5.32 Å². The molecule has 1 saturated carbocycles. The zero-order valence-corrected chi connectivity index (χ0v) is 16.3. The van der Waals surface area contributed by atoms with Gasteiger partial charge in [-0.3, -0.25) is 4.79 Å². The predicted molar refractivity (Wildman–Crippen MR) is 102 cm³/mol. The largest absolute Gasteiger partial charge is 0.449 e. The number of nitrogens with zero attached hydrogens (tertiary/aromatic N) is 1. The van der Waals surface area contributed by atoms with E-state index in [9.17, 15) is 9.59 Å². The average Bonchev–Trinajstić information content (AvgIpc) is 3.36. The molecule has 1 aromatic carbocycles. The van der Waals surface area contributed by atoms with Gasteiger partial charge >= 0.3 is 5.97 Å². The summed E-state index contributed by atoms with van der Waals surface area (Å²) in [5, 5.41) is 3.24. The third kappa shape index (κ3) is 3.74. The van der Waals surface area contributed by atoms with Gasteiger partial charge in [-0.25, -0.2) is 4.79 Å². The first-order valence-electron chi connectivity index (χ1n) is 8.44. The number of amides is 1. The lowest BCUT2D eigenvalue weighted by Crippen LogP contribution is -2.30. The van der Waals surface area contributed by atoms with E-state index in [-0.39, 0.29) is 0 Å². The Bertz CT molecular complexity index is 852. The van der Waals surface area contributed by atoms with Crippen molar-refractivity contribution >= 4 is 40.8 Å². The van der Waals surface area contributed by atoms with Gasteiger partial charge in [-0.2, -0.15) is 0 Å². The second kappa shape index (κ2) is 7.33. The third-order valence-corrected chi connectivity index (χ3v) is 5.11. The molecule has 1 amide bonds. The van der Waals surface area contributed by atoms with Gasteiger partial charge in [0.15, 0.2) is 6.10 Å². The fraction of sp³-hybridized carbons (Fsp3) is 0.368. The highest BCUT2D eigenvalue weighted by Crippen LogP contribution is 2.38. The molecule has 1 heterocycles. The van der Waals surface area contributed by atoms with Gasteiger partial charge in [-0.05, 0) is 51.8 Å². The molecule has 7 heteroatoms. The van der Waals surface area contributed by atoms with E-state index in [0.717, 1.165) is 24.2 Å². The lowest BCUT2D eigenvalue weighted by molar-refractivity contribution is -0.123. The molecule has 1 fully saturated rings. The van der Waals surface area contributed by atoms with Crippen LogP contribution in [0, 0.1) is 13.8 Å². The van der Waals surface area contributed by atoms with Crippen LogP contribution in [0.3, 0.4) is 0 Å². The molecule has 1 aliphatic rings. The summed E-state index contributed by atoms with van der Waals surface area (Å²) in [4.78, 5) is 24.9. The van der Waals surface area contributed by atoms with E-state index in [1.807, 2.05) is 19.9 Å². The second-order valence-electron chi connectivity index (χ2n) is 6.52. The summed E-state index contributed by atoms with van der Waals surface area (Å²) in [5.74, 6) is -1.01. The van der Waals surface area contributed by atoms with Gasteiger partial charge in [0.1, 0.15) is 0 Å². The number of carbonyl (C=O) groups excluding carboxylic acids is 2. The predicted octanol–water partition coefficient (Wildman–Crippen LogP) is 4.93. The Hall–Kier alpha value is -1.98. The van der Waals surface area contributed by atoms with Crippen LogP contribution in [0.25, 0.3) is 0 Å². The minimum atomic E-state index is -0.987. The van der Waals surface area contributed by atoms with E-state index in [0.29, 0.717) is 27.3 Å². The van der Waals surface area contributed by atoms with Gasteiger partial charge in [0.2, 0.25) is 0 Å². The lowest BCUT2D eigenvalue weighted by Gasteiger charge is -2.15. The van der Waals surface area contributed by atoms with Crippen molar-refractivity contribution in [3.63, 3.8) is 0 Å². The summed E-state index contributed by atoms with van der Waals surface area (Å²) >= 11 is 12.1. The smallest absolute Gasteiger partial charge is 0.340 e. The summed E-state index contributed by atoms with van der Waals surface area (Å²) in [7, 11) is 0. The lowest BCUT2D eigenvalue weighted by atomic mass is 10.2. The van der Waals surface area contributed by atoms with Crippen LogP contribution in [0.15, 0.2) is 24.3 Å².